The summed E-state index contributed by atoms with van der Waals surface area (Å²) in [7, 11) is 1.55. The third-order valence-electron chi connectivity index (χ3n) is 5.56. The number of imide groups is 1. The van der Waals surface area contributed by atoms with Gasteiger partial charge in [-0.15, -0.1) is 0 Å². The van der Waals surface area contributed by atoms with Crippen LogP contribution >= 0.6 is 0 Å². The predicted molar refractivity (Wildman–Crippen MR) is 134 cm³/mol. The second-order valence-corrected chi connectivity index (χ2v) is 8.50. The third-order valence-corrected chi connectivity index (χ3v) is 5.56. The maximum absolute atomic E-state index is 13.8. The molecule has 0 aliphatic carbocycles. The van der Waals surface area contributed by atoms with Crippen molar-refractivity contribution in [3.63, 3.8) is 0 Å². The van der Waals surface area contributed by atoms with Crippen molar-refractivity contribution in [2.75, 3.05) is 17.3 Å². The number of hydrogen-bond acceptors (Lipinski definition) is 5. The molecule has 0 spiro atoms. The minimum atomic E-state index is -0.415. The van der Waals surface area contributed by atoms with E-state index in [4.69, 9.17) is 9.47 Å². The molecular formula is C28H28N2O4. The Balaban J connectivity index is 1.81. The topological polar surface area (TPSA) is 67.9 Å². The zero-order valence-corrected chi connectivity index (χ0v) is 20.0. The zero-order chi connectivity index (χ0) is 24.4. The molecule has 1 N–H and O–H groups in total. The Kier molecular flexibility index (Phi) is 6.41. The van der Waals surface area contributed by atoms with Crippen molar-refractivity contribution in [3.05, 3.63) is 89.1 Å². The van der Waals surface area contributed by atoms with E-state index in [2.05, 4.69) is 5.32 Å². The molecule has 2 amide bonds. The number of rotatable bonds is 7. The molecule has 1 aliphatic rings. The van der Waals surface area contributed by atoms with Crippen molar-refractivity contribution in [2.24, 2.45) is 0 Å². The summed E-state index contributed by atoms with van der Waals surface area (Å²) in [6.07, 6.45) is 0.0545. The summed E-state index contributed by atoms with van der Waals surface area (Å²) < 4.78 is 11.2. The lowest BCUT2D eigenvalue weighted by molar-refractivity contribution is -0.120. The van der Waals surface area contributed by atoms with Crippen LogP contribution in [0.1, 0.15) is 30.5 Å². The number of nitrogens with zero attached hydrogens (tertiary/aromatic N) is 1. The second-order valence-electron chi connectivity index (χ2n) is 8.50. The molecule has 0 saturated carbocycles. The average molecular weight is 457 g/mol. The van der Waals surface area contributed by atoms with E-state index in [-0.39, 0.29) is 17.4 Å². The molecule has 1 aliphatic heterocycles. The number of hydrogen-bond donors (Lipinski definition) is 1. The lowest BCUT2D eigenvalue weighted by Gasteiger charge is -2.18. The molecule has 34 heavy (non-hydrogen) atoms. The normalized spacial score (nSPS) is 13.6. The summed E-state index contributed by atoms with van der Waals surface area (Å²) in [6.45, 7) is 7.74. The van der Waals surface area contributed by atoms with Crippen LogP contribution in [0.2, 0.25) is 0 Å². The van der Waals surface area contributed by atoms with E-state index in [0.29, 0.717) is 22.7 Å². The Hall–Kier alpha value is -4.06. The van der Waals surface area contributed by atoms with Gasteiger partial charge in [0.2, 0.25) is 0 Å². The molecule has 0 fully saturated rings. The van der Waals surface area contributed by atoms with Crippen molar-refractivity contribution in [2.45, 2.75) is 33.8 Å². The van der Waals surface area contributed by atoms with Crippen molar-refractivity contribution < 1.29 is 19.1 Å². The van der Waals surface area contributed by atoms with Crippen LogP contribution in [0.25, 0.3) is 5.57 Å². The number of carbonyl (C=O) groups excluding carboxylic acids is 2. The molecule has 0 aromatic heterocycles. The molecule has 0 unspecified atom stereocenters. The summed E-state index contributed by atoms with van der Waals surface area (Å²) in [5.74, 6) is 0.430. The van der Waals surface area contributed by atoms with Gasteiger partial charge in [0.25, 0.3) is 11.8 Å². The Morgan fingerprint density at radius 1 is 0.882 bits per heavy atom. The SMILES string of the molecule is COc1ccccc1C1=C(Nc2ccc(OC(C)C)cc2)C(=O)N(c2cc(C)ccc2C)C1=O. The van der Waals surface area contributed by atoms with Crippen LogP contribution < -0.4 is 19.7 Å². The Bertz CT molecular complexity index is 1280. The highest BCUT2D eigenvalue weighted by molar-refractivity contribution is 6.46. The van der Waals surface area contributed by atoms with Gasteiger partial charge in [0, 0.05) is 11.3 Å². The second kappa shape index (κ2) is 9.43. The minimum Gasteiger partial charge on any atom is -0.496 e. The van der Waals surface area contributed by atoms with Gasteiger partial charge in [0.05, 0.1) is 24.5 Å². The quantitative estimate of drug-likeness (QED) is 0.476. The number of para-hydroxylation sites is 1. The van der Waals surface area contributed by atoms with Gasteiger partial charge in [-0.25, -0.2) is 4.90 Å². The lowest BCUT2D eigenvalue weighted by atomic mass is 10.0. The summed E-state index contributed by atoms with van der Waals surface area (Å²) in [4.78, 5) is 28.7. The van der Waals surface area contributed by atoms with Crippen LogP contribution in [0, 0.1) is 13.8 Å². The van der Waals surface area contributed by atoms with E-state index in [9.17, 15) is 9.59 Å². The van der Waals surface area contributed by atoms with E-state index in [1.165, 1.54) is 4.90 Å². The molecule has 0 atom stereocenters. The fraction of sp³-hybridized carbons (Fsp3) is 0.214. The zero-order valence-electron chi connectivity index (χ0n) is 20.0. The number of anilines is 2. The summed E-state index contributed by atoms with van der Waals surface area (Å²) in [6, 6.07) is 20.2. The van der Waals surface area contributed by atoms with E-state index < -0.39 is 11.8 Å². The molecular weight excluding hydrogens is 428 g/mol. The summed E-state index contributed by atoms with van der Waals surface area (Å²) in [5, 5.41) is 3.19. The van der Waals surface area contributed by atoms with Gasteiger partial charge in [-0.1, -0.05) is 30.3 Å². The highest BCUT2D eigenvalue weighted by Gasteiger charge is 2.41. The van der Waals surface area contributed by atoms with Gasteiger partial charge >= 0.3 is 0 Å². The van der Waals surface area contributed by atoms with Crippen molar-refractivity contribution in [1.82, 2.24) is 0 Å². The number of carbonyl (C=O) groups is 2. The first kappa shape index (κ1) is 23.1. The van der Waals surface area contributed by atoms with Gasteiger partial charge in [-0.3, -0.25) is 9.59 Å². The lowest BCUT2D eigenvalue weighted by Crippen LogP contribution is -2.33. The summed E-state index contributed by atoms with van der Waals surface area (Å²) in [5.41, 5.74) is 4.06. The minimum absolute atomic E-state index is 0.0545. The van der Waals surface area contributed by atoms with Crippen LogP contribution in [0.4, 0.5) is 11.4 Å². The number of aryl methyl sites for hydroxylation is 2. The third kappa shape index (κ3) is 4.39. The first-order valence-corrected chi connectivity index (χ1v) is 11.2. The highest BCUT2D eigenvalue weighted by atomic mass is 16.5. The molecule has 1 heterocycles. The van der Waals surface area contributed by atoms with Crippen molar-refractivity contribution in [3.8, 4) is 11.5 Å². The van der Waals surface area contributed by atoms with Gasteiger partial charge in [0.1, 0.15) is 17.2 Å². The van der Waals surface area contributed by atoms with Crippen LogP contribution in [-0.2, 0) is 9.59 Å². The average Bonchev–Trinajstić information content (AvgIpc) is 3.05. The van der Waals surface area contributed by atoms with E-state index in [1.807, 2.05) is 82.3 Å². The number of nitrogens with one attached hydrogen (secondary N) is 1. The molecule has 174 valence electrons. The predicted octanol–water partition coefficient (Wildman–Crippen LogP) is 5.50. The van der Waals surface area contributed by atoms with Crippen LogP contribution in [0.15, 0.2) is 72.4 Å². The summed E-state index contributed by atoms with van der Waals surface area (Å²) >= 11 is 0. The van der Waals surface area contributed by atoms with E-state index in [1.54, 1.807) is 19.2 Å². The van der Waals surface area contributed by atoms with Gasteiger partial charge in [0.15, 0.2) is 0 Å². The monoisotopic (exact) mass is 456 g/mol. The number of amides is 2. The number of benzene rings is 3. The van der Waals surface area contributed by atoms with Crippen LogP contribution in [-0.4, -0.2) is 25.0 Å². The molecule has 3 aromatic carbocycles. The molecule has 6 heteroatoms. The maximum atomic E-state index is 13.8. The van der Waals surface area contributed by atoms with Gasteiger partial charge < -0.3 is 14.8 Å². The van der Waals surface area contributed by atoms with E-state index in [0.717, 1.165) is 16.9 Å². The first-order chi connectivity index (χ1) is 16.3. The number of methoxy groups -OCH3 is 1. The van der Waals surface area contributed by atoms with Crippen LogP contribution in [0.5, 0.6) is 11.5 Å². The Morgan fingerprint density at radius 2 is 1.59 bits per heavy atom. The smallest absolute Gasteiger partial charge is 0.282 e. The molecule has 0 saturated heterocycles. The maximum Gasteiger partial charge on any atom is 0.282 e. The Labute approximate surface area is 199 Å². The molecule has 0 bridgehead atoms. The standard InChI is InChI=1S/C28H28N2O4/c1-17(2)34-21-14-12-20(13-15-21)29-26-25(22-8-6-7-9-24(22)33-5)27(31)30(28(26)32)23-16-18(3)10-11-19(23)4/h6-17,29H,1-5H3. The molecule has 0 radical (unpaired) electrons. The Morgan fingerprint density at radius 3 is 2.26 bits per heavy atom. The molecule has 6 nitrogen and oxygen atoms in total. The highest BCUT2D eigenvalue weighted by Crippen LogP contribution is 2.38. The van der Waals surface area contributed by atoms with Gasteiger partial charge in [-0.2, -0.15) is 0 Å². The van der Waals surface area contributed by atoms with Crippen molar-refractivity contribution >= 4 is 28.8 Å². The fourth-order valence-electron chi connectivity index (χ4n) is 3.96. The largest absolute Gasteiger partial charge is 0.496 e. The van der Waals surface area contributed by atoms with Crippen LogP contribution in [0.3, 0.4) is 0 Å². The molecule has 3 aromatic rings. The fourth-order valence-corrected chi connectivity index (χ4v) is 3.96. The van der Waals surface area contributed by atoms with E-state index >= 15 is 0 Å². The molecule has 4 rings (SSSR count). The first-order valence-electron chi connectivity index (χ1n) is 11.2. The number of ether oxygens (including phenoxy) is 2. The van der Waals surface area contributed by atoms with Gasteiger partial charge in [-0.05, 0) is 75.2 Å². The van der Waals surface area contributed by atoms with Crippen molar-refractivity contribution in [1.29, 1.82) is 0 Å².